The van der Waals surface area contributed by atoms with Crippen LogP contribution in [0.5, 0.6) is 5.75 Å². The molecule has 0 fully saturated rings. The van der Waals surface area contributed by atoms with E-state index in [-0.39, 0.29) is 24.4 Å². The van der Waals surface area contributed by atoms with Crippen LogP contribution in [0.25, 0.3) is 0 Å². The van der Waals surface area contributed by atoms with Crippen LogP contribution < -0.4 is 15.8 Å². The predicted octanol–water partition coefficient (Wildman–Crippen LogP) is 0.570. The van der Waals surface area contributed by atoms with Crippen molar-refractivity contribution in [2.24, 2.45) is 0 Å². The van der Waals surface area contributed by atoms with Crippen LogP contribution in [0.1, 0.15) is 17.3 Å². The minimum absolute atomic E-state index is 0.191. The number of hydrogen-bond acceptors (Lipinski definition) is 5. The van der Waals surface area contributed by atoms with Crippen LogP contribution in [0, 0.1) is 0 Å². The first-order valence-electron chi connectivity index (χ1n) is 5.46. The number of ether oxygens (including phenoxy) is 2. The Morgan fingerprint density at radius 1 is 1.39 bits per heavy atom. The van der Waals surface area contributed by atoms with Crippen LogP contribution in [-0.4, -0.2) is 32.1 Å². The lowest BCUT2D eigenvalue weighted by Gasteiger charge is -2.10. The number of carbonyl (C=O) groups excluding carboxylic acids is 2. The second kappa shape index (κ2) is 6.48. The maximum atomic E-state index is 11.8. The van der Waals surface area contributed by atoms with Gasteiger partial charge in [-0.3, -0.25) is 9.59 Å². The molecular weight excluding hydrogens is 236 g/mol. The van der Waals surface area contributed by atoms with Gasteiger partial charge in [-0.15, -0.1) is 0 Å². The van der Waals surface area contributed by atoms with Gasteiger partial charge in [0.05, 0.1) is 25.0 Å². The van der Waals surface area contributed by atoms with Crippen molar-refractivity contribution in [1.82, 2.24) is 5.32 Å². The summed E-state index contributed by atoms with van der Waals surface area (Å²) < 4.78 is 9.70. The van der Waals surface area contributed by atoms with E-state index in [0.717, 1.165) is 0 Å². The van der Waals surface area contributed by atoms with E-state index in [4.69, 9.17) is 15.2 Å². The molecule has 3 N–H and O–H groups in total. The van der Waals surface area contributed by atoms with E-state index in [1.165, 1.54) is 7.11 Å². The summed E-state index contributed by atoms with van der Waals surface area (Å²) in [4.78, 5) is 22.9. The molecule has 1 aromatic rings. The van der Waals surface area contributed by atoms with Crippen LogP contribution in [0.4, 0.5) is 5.69 Å². The Morgan fingerprint density at radius 3 is 2.72 bits per heavy atom. The van der Waals surface area contributed by atoms with Crippen molar-refractivity contribution in [2.75, 3.05) is 26.0 Å². The molecule has 0 atom stereocenters. The molecule has 0 aliphatic carbocycles. The monoisotopic (exact) mass is 252 g/mol. The summed E-state index contributed by atoms with van der Waals surface area (Å²) in [5.41, 5.74) is 6.26. The van der Waals surface area contributed by atoms with Gasteiger partial charge in [-0.25, -0.2) is 0 Å². The summed E-state index contributed by atoms with van der Waals surface area (Å²) in [6, 6.07) is 4.85. The van der Waals surface area contributed by atoms with Gasteiger partial charge in [0, 0.05) is 0 Å². The maximum absolute atomic E-state index is 11.8. The molecule has 18 heavy (non-hydrogen) atoms. The molecule has 0 bridgehead atoms. The SMILES string of the molecule is CCOC(=O)CNC(=O)c1cccc(OC)c1N. The van der Waals surface area contributed by atoms with E-state index in [1.54, 1.807) is 25.1 Å². The number of benzene rings is 1. The van der Waals surface area contributed by atoms with Gasteiger partial charge in [0.15, 0.2) is 0 Å². The Labute approximate surface area is 105 Å². The second-order valence-electron chi connectivity index (χ2n) is 3.41. The van der Waals surface area contributed by atoms with E-state index < -0.39 is 11.9 Å². The van der Waals surface area contributed by atoms with Crippen molar-refractivity contribution in [3.8, 4) is 5.75 Å². The molecule has 98 valence electrons. The summed E-state index contributed by atoms with van der Waals surface area (Å²) in [5.74, 6) is -0.523. The molecule has 6 heteroatoms. The number of methoxy groups -OCH3 is 1. The number of anilines is 1. The van der Waals surface area contributed by atoms with Crippen LogP contribution in [-0.2, 0) is 9.53 Å². The fraction of sp³-hybridized carbons (Fsp3) is 0.333. The van der Waals surface area contributed by atoms with Gasteiger partial charge in [0.25, 0.3) is 5.91 Å². The van der Waals surface area contributed by atoms with E-state index >= 15 is 0 Å². The zero-order valence-corrected chi connectivity index (χ0v) is 10.4. The number of nitrogens with two attached hydrogens (primary N) is 1. The quantitative estimate of drug-likeness (QED) is 0.590. The van der Waals surface area contributed by atoms with Gasteiger partial charge >= 0.3 is 5.97 Å². The van der Waals surface area contributed by atoms with Crippen LogP contribution >= 0.6 is 0 Å². The molecule has 0 saturated carbocycles. The average Bonchev–Trinajstić information content (AvgIpc) is 2.36. The van der Waals surface area contributed by atoms with E-state index in [1.807, 2.05) is 0 Å². The standard InChI is InChI=1S/C12H16N2O4/c1-3-18-10(15)7-14-12(16)8-5-4-6-9(17-2)11(8)13/h4-6H,3,7,13H2,1-2H3,(H,14,16). The van der Waals surface area contributed by atoms with E-state index in [2.05, 4.69) is 5.32 Å². The summed E-state index contributed by atoms with van der Waals surface area (Å²) in [6.07, 6.45) is 0. The van der Waals surface area contributed by atoms with Gasteiger partial charge in [-0.2, -0.15) is 0 Å². The minimum Gasteiger partial charge on any atom is -0.495 e. The molecule has 0 radical (unpaired) electrons. The highest BCUT2D eigenvalue weighted by atomic mass is 16.5. The van der Waals surface area contributed by atoms with Crippen molar-refractivity contribution in [3.05, 3.63) is 23.8 Å². The minimum atomic E-state index is -0.493. The van der Waals surface area contributed by atoms with Gasteiger partial charge in [0.1, 0.15) is 12.3 Å². The topological polar surface area (TPSA) is 90.6 Å². The van der Waals surface area contributed by atoms with Crippen LogP contribution in [0.3, 0.4) is 0 Å². The molecule has 0 spiro atoms. The largest absolute Gasteiger partial charge is 0.495 e. The predicted molar refractivity (Wildman–Crippen MR) is 66.4 cm³/mol. The van der Waals surface area contributed by atoms with Crippen molar-refractivity contribution >= 4 is 17.6 Å². The van der Waals surface area contributed by atoms with E-state index in [0.29, 0.717) is 5.75 Å². The fourth-order valence-electron chi connectivity index (χ4n) is 1.38. The number of para-hydroxylation sites is 1. The van der Waals surface area contributed by atoms with Crippen molar-refractivity contribution in [3.63, 3.8) is 0 Å². The Kier molecular flexibility index (Phi) is 4.98. The van der Waals surface area contributed by atoms with Crippen LogP contribution in [0.15, 0.2) is 18.2 Å². The number of rotatable bonds is 5. The molecule has 0 aliphatic heterocycles. The zero-order chi connectivity index (χ0) is 13.5. The van der Waals surface area contributed by atoms with Gasteiger partial charge in [-0.1, -0.05) is 6.07 Å². The number of hydrogen-bond donors (Lipinski definition) is 2. The first-order chi connectivity index (χ1) is 8.60. The number of nitrogen functional groups attached to an aromatic ring is 1. The molecule has 1 rings (SSSR count). The zero-order valence-electron chi connectivity index (χ0n) is 10.4. The molecule has 0 aliphatic rings. The third-order valence-electron chi connectivity index (χ3n) is 2.23. The number of amides is 1. The van der Waals surface area contributed by atoms with Crippen molar-refractivity contribution < 1.29 is 19.1 Å². The number of nitrogens with one attached hydrogen (secondary N) is 1. The lowest BCUT2D eigenvalue weighted by molar-refractivity contribution is -0.141. The van der Waals surface area contributed by atoms with E-state index in [9.17, 15) is 9.59 Å². The summed E-state index contributed by atoms with van der Waals surface area (Å²) in [6.45, 7) is 1.78. The van der Waals surface area contributed by atoms with Gasteiger partial charge < -0.3 is 20.5 Å². The Balaban J connectivity index is 2.70. The molecule has 0 saturated heterocycles. The van der Waals surface area contributed by atoms with Crippen LogP contribution in [0.2, 0.25) is 0 Å². The van der Waals surface area contributed by atoms with Crippen molar-refractivity contribution in [1.29, 1.82) is 0 Å². The number of esters is 1. The highest BCUT2D eigenvalue weighted by molar-refractivity contribution is 6.01. The molecule has 0 unspecified atom stereocenters. The lowest BCUT2D eigenvalue weighted by Crippen LogP contribution is -2.31. The van der Waals surface area contributed by atoms with Crippen molar-refractivity contribution in [2.45, 2.75) is 6.92 Å². The Hall–Kier alpha value is -2.24. The highest BCUT2D eigenvalue weighted by Gasteiger charge is 2.13. The van der Waals surface area contributed by atoms with Gasteiger partial charge in [-0.05, 0) is 19.1 Å². The number of carbonyl (C=O) groups is 2. The summed E-state index contributed by atoms with van der Waals surface area (Å²) in [7, 11) is 1.46. The molecule has 1 amide bonds. The maximum Gasteiger partial charge on any atom is 0.325 e. The lowest BCUT2D eigenvalue weighted by atomic mass is 10.1. The normalized spacial score (nSPS) is 9.67. The first kappa shape index (κ1) is 13.8. The molecule has 0 aromatic heterocycles. The third kappa shape index (κ3) is 3.38. The smallest absolute Gasteiger partial charge is 0.325 e. The van der Waals surface area contributed by atoms with Gasteiger partial charge in [0.2, 0.25) is 0 Å². The Morgan fingerprint density at radius 2 is 2.11 bits per heavy atom. The third-order valence-corrected chi connectivity index (χ3v) is 2.23. The summed E-state index contributed by atoms with van der Waals surface area (Å²) in [5, 5.41) is 2.43. The highest BCUT2D eigenvalue weighted by Crippen LogP contribution is 2.24. The first-order valence-corrected chi connectivity index (χ1v) is 5.46. The molecular formula is C12H16N2O4. The summed E-state index contributed by atoms with van der Waals surface area (Å²) >= 11 is 0. The average molecular weight is 252 g/mol. The molecule has 0 heterocycles. The second-order valence-corrected chi connectivity index (χ2v) is 3.41. The Bertz CT molecular complexity index is 446. The molecule has 1 aromatic carbocycles. The molecule has 6 nitrogen and oxygen atoms in total. The fourth-order valence-corrected chi connectivity index (χ4v) is 1.38.